The van der Waals surface area contributed by atoms with E-state index in [4.69, 9.17) is 16.3 Å². The molecule has 1 amide bonds. The minimum atomic E-state index is -2.72. The summed E-state index contributed by atoms with van der Waals surface area (Å²) in [5.74, 6) is 0.369. The van der Waals surface area contributed by atoms with Crippen molar-refractivity contribution < 1.29 is 18.3 Å². The van der Waals surface area contributed by atoms with Crippen molar-refractivity contribution in [2.75, 3.05) is 19.6 Å². The Bertz CT molecular complexity index is 1320. The fraction of sp³-hybridized carbons (Fsp3) is 0.643. The predicted molar refractivity (Wildman–Crippen MR) is 166 cm³/mol. The molecule has 3 aliphatic rings. The van der Waals surface area contributed by atoms with Crippen molar-refractivity contribution in [1.29, 1.82) is 0 Å². The van der Waals surface area contributed by atoms with Crippen LogP contribution in [0.1, 0.15) is 90.9 Å². The summed E-state index contributed by atoms with van der Waals surface area (Å²) in [4.78, 5) is 22.3. The Balaban J connectivity index is 0.00000198. The maximum atomic E-state index is 13.3. The van der Waals surface area contributed by atoms with Gasteiger partial charge in [-0.15, -0.1) is 10.2 Å². The number of alkyl halides is 2. The van der Waals surface area contributed by atoms with Gasteiger partial charge in [0, 0.05) is 42.3 Å². The molecule has 1 unspecified atom stereocenters. The lowest BCUT2D eigenvalue weighted by Crippen LogP contribution is -2.55. The molecule has 0 aromatic carbocycles. The van der Waals surface area contributed by atoms with Crippen LogP contribution in [0.5, 0.6) is 0 Å². The van der Waals surface area contributed by atoms with Crippen molar-refractivity contribution in [2.45, 2.75) is 97.4 Å². The van der Waals surface area contributed by atoms with Gasteiger partial charge in [-0.3, -0.25) is 14.2 Å². The first-order chi connectivity index (χ1) is 19.9. The van der Waals surface area contributed by atoms with Crippen LogP contribution in [0.4, 0.5) is 13.6 Å². The molecule has 0 radical (unpaired) electrons. The molecule has 2 aromatic heterocycles. The quantitative estimate of drug-likeness (QED) is 0.310. The third-order valence-electron chi connectivity index (χ3n) is 7.30. The topological polar surface area (TPSA) is 88.4 Å². The van der Waals surface area contributed by atoms with E-state index in [0.29, 0.717) is 31.2 Å². The van der Waals surface area contributed by atoms with Gasteiger partial charge in [0.15, 0.2) is 21.0 Å². The van der Waals surface area contributed by atoms with E-state index < -0.39 is 12.0 Å². The van der Waals surface area contributed by atoms with E-state index in [0.717, 1.165) is 35.5 Å². The number of imidazole rings is 1. The number of hydrogen-bond acceptors (Lipinski definition) is 9. The Labute approximate surface area is 259 Å². The summed E-state index contributed by atoms with van der Waals surface area (Å²) >= 11 is 9.12. The van der Waals surface area contributed by atoms with Crippen LogP contribution < -0.4 is 4.72 Å². The van der Waals surface area contributed by atoms with Crippen LogP contribution in [-0.2, 0) is 4.74 Å². The van der Waals surface area contributed by atoms with Crippen LogP contribution in [0.15, 0.2) is 17.1 Å². The van der Waals surface area contributed by atoms with Gasteiger partial charge < -0.3 is 9.64 Å². The Morgan fingerprint density at radius 2 is 2.00 bits per heavy atom. The first kappa shape index (κ1) is 32.8. The molecular formula is C28H40ClF2N7O2S2. The minimum absolute atomic E-state index is 0.102. The van der Waals surface area contributed by atoms with Gasteiger partial charge in [0.05, 0.1) is 11.7 Å². The van der Waals surface area contributed by atoms with E-state index in [9.17, 15) is 13.6 Å². The van der Waals surface area contributed by atoms with Gasteiger partial charge in [0.25, 0.3) is 6.43 Å². The average molecular weight is 644 g/mol. The number of carbonyl (C=O) groups excluding carboxylic acids is 1. The summed E-state index contributed by atoms with van der Waals surface area (Å²) in [6, 6.07) is -0.371. The fourth-order valence-corrected chi connectivity index (χ4v) is 6.81. The molecule has 2 aliphatic heterocycles. The van der Waals surface area contributed by atoms with Crippen LogP contribution >= 0.6 is 34.9 Å². The van der Waals surface area contributed by atoms with E-state index in [1.807, 2.05) is 52.3 Å². The molecule has 1 saturated carbocycles. The smallest absolute Gasteiger partial charge is 0.410 e. The van der Waals surface area contributed by atoms with Gasteiger partial charge in [0.2, 0.25) is 0 Å². The second-order valence-corrected chi connectivity index (χ2v) is 13.7. The summed E-state index contributed by atoms with van der Waals surface area (Å²) in [7, 11) is 0. The van der Waals surface area contributed by atoms with Gasteiger partial charge >= 0.3 is 6.09 Å². The monoisotopic (exact) mass is 643 g/mol. The lowest BCUT2D eigenvalue weighted by Gasteiger charge is -2.42. The number of carbonyl (C=O) groups is 1. The summed E-state index contributed by atoms with van der Waals surface area (Å²) < 4.78 is 37.7. The molecule has 42 heavy (non-hydrogen) atoms. The van der Waals surface area contributed by atoms with Crippen molar-refractivity contribution in [3.8, 4) is 10.8 Å². The number of rotatable bonds is 7. The minimum Gasteiger partial charge on any atom is -0.444 e. The average Bonchev–Trinajstić information content (AvgIpc) is 3.49. The van der Waals surface area contributed by atoms with Crippen LogP contribution in [0.3, 0.4) is 0 Å². The zero-order valence-corrected chi connectivity index (χ0v) is 27.5. The van der Waals surface area contributed by atoms with Gasteiger partial charge in [-0.05, 0) is 65.0 Å². The number of piperazine rings is 1. The molecule has 1 saturated heterocycles. The molecule has 232 valence electrons. The predicted octanol–water partition coefficient (Wildman–Crippen LogP) is 7.55. The summed E-state index contributed by atoms with van der Waals surface area (Å²) in [5, 5.41) is 7.84. The zero-order chi connectivity index (χ0) is 30.8. The van der Waals surface area contributed by atoms with E-state index in [2.05, 4.69) is 43.9 Å². The first-order valence-corrected chi connectivity index (χ1v) is 16.4. The number of nitrogens with one attached hydrogen (secondary N) is 1. The Morgan fingerprint density at radius 3 is 2.57 bits per heavy atom. The third-order valence-corrected chi connectivity index (χ3v) is 9.51. The molecule has 2 fully saturated rings. The fourth-order valence-electron chi connectivity index (χ4n) is 4.86. The lowest BCUT2D eigenvalue weighted by atomic mass is 10.1. The van der Waals surface area contributed by atoms with Crippen molar-refractivity contribution in [2.24, 2.45) is 0 Å². The van der Waals surface area contributed by atoms with Crippen molar-refractivity contribution in [3.05, 3.63) is 32.9 Å². The van der Waals surface area contributed by atoms with E-state index >= 15 is 0 Å². The van der Waals surface area contributed by atoms with E-state index in [1.54, 1.807) is 16.8 Å². The van der Waals surface area contributed by atoms with Crippen molar-refractivity contribution in [1.82, 2.24) is 34.3 Å². The highest BCUT2D eigenvalue weighted by Crippen LogP contribution is 2.43. The van der Waals surface area contributed by atoms with E-state index in [1.165, 1.54) is 0 Å². The molecular weight excluding hydrogens is 604 g/mol. The second-order valence-electron chi connectivity index (χ2n) is 11.4. The van der Waals surface area contributed by atoms with E-state index in [-0.39, 0.29) is 38.9 Å². The molecule has 2 aromatic rings. The second kappa shape index (κ2) is 13.3. The summed E-state index contributed by atoms with van der Waals surface area (Å²) in [6.07, 6.45) is 6.31. The van der Waals surface area contributed by atoms with Gasteiger partial charge in [0.1, 0.15) is 5.60 Å². The molecule has 14 heteroatoms. The highest BCUT2D eigenvalue weighted by Gasteiger charge is 2.41. The molecule has 1 aliphatic carbocycles. The highest BCUT2D eigenvalue weighted by atomic mass is 35.5. The lowest BCUT2D eigenvalue weighted by molar-refractivity contribution is -0.00208. The number of amides is 1. The number of nitrogens with zero attached hydrogens (tertiary/aromatic N) is 6. The van der Waals surface area contributed by atoms with Gasteiger partial charge in [-0.25, -0.2) is 18.6 Å². The van der Waals surface area contributed by atoms with Gasteiger partial charge in [-0.2, -0.15) is 0 Å². The molecule has 1 N–H and O–H groups in total. The zero-order valence-electron chi connectivity index (χ0n) is 25.2. The SMILES string of the molecule is CC.CCC1(NSC2=Cn3c(-c4nnc(C(F)F)s4)nc(Cl)c3C(N3CCN(C(=O)OC(C)(C)C)[C@H](C)C3)C=C2)CC1. The first-order valence-electron chi connectivity index (χ1n) is 14.4. The highest BCUT2D eigenvalue weighted by molar-refractivity contribution is 8.01. The molecule has 5 rings (SSSR count). The largest absolute Gasteiger partial charge is 0.444 e. The maximum absolute atomic E-state index is 13.3. The number of aromatic nitrogens is 4. The molecule has 2 atom stereocenters. The Hall–Kier alpha value is -2.06. The maximum Gasteiger partial charge on any atom is 0.410 e. The molecule has 4 heterocycles. The molecule has 0 bridgehead atoms. The normalized spacial score (nSPS) is 21.8. The van der Waals surface area contributed by atoms with Gasteiger partial charge in [-0.1, -0.05) is 49.8 Å². The summed E-state index contributed by atoms with van der Waals surface area (Å²) in [6.45, 7) is 15.4. The number of halogens is 3. The van der Waals surface area contributed by atoms with Crippen molar-refractivity contribution in [3.63, 3.8) is 0 Å². The number of hydrogen-bond donors (Lipinski definition) is 1. The van der Waals surface area contributed by atoms with Crippen molar-refractivity contribution >= 4 is 47.2 Å². The van der Waals surface area contributed by atoms with Crippen LogP contribution in [0, 0.1) is 0 Å². The molecule has 0 spiro atoms. The Morgan fingerprint density at radius 1 is 1.29 bits per heavy atom. The van der Waals surface area contributed by atoms with Crippen LogP contribution in [0.2, 0.25) is 5.15 Å². The third kappa shape index (κ3) is 7.35. The van der Waals surface area contributed by atoms with Crippen LogP contribution in [-0.4, -0.2) is 72.5 Å². The Kier molecular flexibility index (Phi) is 10.4. The summed E-state index contributed by atoms with van der Waals surface area (Å²) in [5.41, 5.74) is 0.280. The van der Waals surface area contributed by atoms with Crippen LogP contribution in [0.25, 0.3) is 17.0 Å². The standard InChI is InChI=1S/C26H34ClF2N7O2S2.C2H6/c1-6-26(9-10-26)33-40-16-7-8-17(34-11-12-35(15(2)13-34)24(37)38-25(3,4)5)18-19(27)30-21(36(18)14-16)23-32-31-22(39-23)20(28)29;1-2/h7-8,14-15,17,20,33H,6,9-13H2,1-5H3;1-2H3/t15-,17?;/m1./s1. The molecule has 9 nitrogen and oxygen atoms in total. The number of fused-ring (bicyclic) bond motifs is 1. The number of allylic oxidation sites excluding steroid dienone is 1. The number of ether oxygens (including phenoxy) is 1.